The van der Waals surface area contributed by atoms with Gasteiger partial charge in [-0.15, -0.1) is 0 Å². The summed E-state index contributed by atoms with van der Waals surface area (Å²) in [7, 11) is 3.59. The molecule has 1 unspecified atom stereocenters. The first kappa shape index (κ1) is 18.1. The van der Waals surface area contributed by atoms with Gasteiger partial charge in [-0.1, -0.05) is 0 Å². The highest BCUT2D eigenvalue weighted by atomic mass is 16.3. The number of aryl methyl sites for hydroxylation is 2. The summed E-state index contributed by atoms with van der Waals surface area (Å²) in [5, 5.41) is 10.6. The highest BCUT2D eigenvalue weighted by Gasteiger charge is 2.41. The zero-order chi connectivity index (χ0) is 19.1. The number of hydrogen-bond acceptors (Lipinski definition) is 5. The fourth-order valence-corrected chi connectivity index (χ4v) is 3.17. The van der Waals surface area contributed by atoms with Crippen LogP contribution in [0.4, 0.5) is 0 Å². The molecule has 140 valence electrons. The number of rotatable bonds is 3. The van der Waals surface area contributed by atoms with Gasteiger partial charge in [0.1, 0.15) is 11.4 Å². The second kappa shape index (κ2) is 6.56. The molecule has 0 radical (unpaired) electrons. The quantitative estimate of drug-likeness (QED) is 0.824. The Labute approximate surface area is 151 Å². The first-order valence-electron chi connectivity index (χ1n) is 8.45. The van der Waals surface area contributed by atoms with Gasteiger partial charge in [0.2, 0.25) is 0 Å². The number of carbonyl (C=O) groups is 2. The summed E-state index contributed by atoms with van der Waals surface area (Å²) in [6, 6.07) is -0.543. The summed E-state index contributed by atoms with van der Waals surface area (Å²) in [5.74, 6) is -0.451. The minimum absolute atomic E-state index is 0.204. The Kier molecular flexibility index (Phi) is 4.57. The molecule has 1 N–H and O–H groups in total. The maximum Gasteiger partial charge on any atom is 0.274 e. The predicted octanol–water partition coefficient (Wildman–Crippen LogP) is -0.109. The van der Waals surface area contributed by atoms with Gasteiger partial charge in [0, 0.05) is 46.1 Å². The van der Waals surface area contributed by atoms with Crippen molar-refractivity contribution in [1.29, 1.82) is 0 Å². The van der Waals surface area contributed by atoms with Crippen molar-refractivity contribution in [2.75, 3.05) is 19.6 Å². The summed E-state index contributed by atoms with van der Waals surface area (Å²) in [5.41, 5.74) is -0.495. The van der Waals surface area contributed by atoms with E-state index in [0.717, 1.165) is 0 Å². The van der Waals surface area contributed by atoms with Crippen molar-refractivity contribution in [3.05, 3.63) is 36.4 Å². The number of hydrogen-bond donors (Lipinski definition) is 1. The van der Waals surface area contributed by atoms with E-state index in [1.807, 2.05) is 0 Å². The summed E-state index contributed by atoms with van der Waals surface area (Å²) in [4.78, 5) is 37.0. The van der Waals surface area contributed by atoms with E-state index < -0.39 is 11.6 Å². The third kappa shape index (κ3) is 3.48. The number of nitrogens with zero attached hydrogens (tertiary/aromatic N) is 6. The molecule has 3 rings (SSSR count). The Bertz CT molecular complexity index is 819. The monoisotopic (exact) mass is 360 g/mol. The minimum Gasteiger partial charge on any atom is -0.388 e. The van der Waals surface area contributed by atoms with E-state index in [0.29, 0.717) is 24.5 Å². The minimum atomic E-state index is -1.17. The fraction of sp³-hybridized carbons (Fsp3) is 0.529. The van der Waals surface area contributed by atoms with E-state index in [4.69, 9.17) is 0 Å². The molecule has 9 nitrogen and oxygen atoms in total. The number of aliphatic hydroxyl groups is 1. The normalized spacial score (nSPS) is 18.3. The largest absolute Gasteiger partial charge is 0.388 e. The zero-order valence-electron chi connectivity index (χ0n) is 15.5. The number of amides is 2. The summed E-state index contributed by atoms with van der Waals surface area (Å²) in [6.45, 7) is 4.22. The molecule has 2 aromatic heterocycles. The molecule has 1 atom stereocenters. The number of aromatic nitrogens is 4. The lowest BCUT2D eigenvalue weighted by molar-refractivity contribution is -0.0417. The smallest absolute Gasteiger partial charge is 0.274 e. The lowest BCUT2D eigenvalue weighted by atomic mass is 9.94. The van der Waals surface area contributed by atoms with Gasteiger partial charge in [-0.3, -0.25) is 9.59 Å². The maximum atomic E-state index is 12.8. The Balaban J connectivity index is 1.82. The van der Waals surface area contributed by atoms with E-state index >= 15 is 0 Å². The number of piperazine rings is 1. The first-order chi connectivity index (χ1) is 12.2. The standard InChI is InChI=1S/C17H24N6O3/c1-17(2,26)14-9-22(15(24)12-7-20(3)10-18-12)5-6-23(14)16(25)13-8-21(4)11-19-13/h7-8,10-11,14,26H,5-6,9H2,1-4H3. The highest BCUT2D eigenvalue weighted by molar-refractivity contribution is 5.94. The average Bonchev–Trinajstić information content (AvgIpc) is 3.20. The van der Waals surface area contributed by atoms with Crippen molar-refractivity contribution < 1.29 is 14.7 Å². The van der Waals surface area contributed by atoms with Crippen molar-refractivity contribution >= 4 is 11.8 Å². The molecule has 0 bridgehead atoms. The molecule has 1 aliphatic rings. The molecule has 1 saturated heterocycles. The zero-order valence-corrected chi connectivity index (χ0v) is 15.5. The second-order valence-electron chi connectivity index (χ2n) is 7.27. The SMILES string of the molecule is Cn1cnc(C(=O)N2CCN(C(=O)c3cn(C)cn3)C(C(C)(C)O)C2)c1. The second-order valence-corrected chi connectivity index (χ2v) is 7.27. The van der Waals surface area contributed by atoms with Crippen molar-refractivity contribution in [2.45, 2.75) is 25.5 Å². The molecular formula is C17H24N6O3. The molecular weight excluding hydrogens is 336 g/mol. The van der Waals surface area contributed by atoms with Crippen molar-refractivity contribution in [1.82, 2.24) is 28.9 Å². The predicted molar refractivity (Wildman–Crippen MR) is 93.4 cm³/mol. The molecule has 1 fully saturated rings. The van der Waals surface area contributed by atoms with Gasteiger partial charge in [0.25, 0.3) is 11.8 Å². The van der Waals surface area contributed by atoms with Gasteiger partial charge in [-0.05, 0) is 13.8 Å². The number of imidazole rings is 2. The van der Waals surface area contributed by atoms with E-state index in [1.165, 1.54) is 0 Å². The molecule has 2 amide bonds. The van der Waals surface area contributed by atoms with Crippen LogP contribution in [-0.2, 0) is 14.1 Å². The van der Waals surface area contributed by atoms with Gasteiger partial charge >= 0.3 is 0 Å². The van der Waals surface area contributed by atoms with E-state index in [1.54, 1.807) is 71.9 Å². The number of carbonyl (C=O) groups excluding carboxylic acids is 2. The lowest BCUT2D eigenvalue weighted by Crippen LogP contribution is -2.63. The van der Waals surface area contributed by atoms with Crippen LogP contribution in [-0.4, -0.2) is 77.1 Å². The fourth-order valence-electron chi connectivity index (χ4n) is 3.17. The Morgan fingerprint density at radius 3 is 2.04 bits per heavy atom. The molecule has 0 aromatic carbocycles. The van der Waals surface area contributed by atoms with Gasteiger partial charge in [-0.2, -0.15) is 0 Å². The van der Waals surface area contributed by atoms with Crippen molar-refractivity contribution in [2.24, 2.45) is 14.1 Å². The third-order valence-electron chi connectivity index (χ3n) is 4.59. The van der Waals surface area contributed by atoms with Gasteiger partial charge in [0.05, 0.1) is 24.3 Å². The molecule has 1 aliphatic heterocycles. The van der Waals surface area contributed by atoms with Crippen LogP contribution in [0.3, 0.4) is 0 Å². The Morgan fingerprint density at radius 2 is 1.58 bits per heavy atom. The molecule has 0 aliphatic carbocycles. The third-order valence-corrected chi connectivity index (χ3v) is 4.59. The molecule has 0 spiro atoms. The molecule has 0 saturated carbocycles. The molecule has 9 heteroatoms. The van der Waals surface area contributed by atoms with Gasteiger partial charge in [-0.25, -0.2) is 9.97 Å². The van der Waals surface area contributed by atoms with Crippen LogP contribution >= 0.6 is 0 Å². The van der Waals surface area contributed by atoms with Gasteiger partial charge in [0.15, 0.2) is 0 Å². The van der Waals surface area contributed by atoms with Crippen LogP contribution in [0.2, 0.25) is 0 Å². The van der Waals surface area contributed by atoms with Gasteiger partial charge < -0.3 is 24.0 Å². The van der Waals surface area contributed by atoms with E-state index in [9.17, 15) is 14.7 Å². The Hall–Kier alpha value is -2.68. The van der Waals surface area contributed by atoms with Crippen molar-refractivity contribution in [3.63, 3.8) is 0 Å². The van der Waals surface area contributed by atoms with Crippen LogP contribution in [0.1, 0.15) is 34.8 Å². The molecule has 3 heterocycles. The molecule has 2 aromatic rings. The summed E-state index contributed by atoms with van der Waals surface area (Å²) < 4.78 is 3.41. The average molecular weight is 360 g/mol. The van der Waals surface area contributed by atoms with Crippen LogP contribution in [0.15, 0.2) is 25.0 Å². The first-order valence-corrected chi connectivity index (χ1v) is 8.45. The summed E-state index contributed by atoms with van der Waals surface area (Å²) >= 11 is 0. The highest BCUT2D eigenvalue weighted by Crippen LogP contribution is 2.23. The maximum absolute atomic E-state index is 12.8. The molecule has 26 heavy (non-hydrogen) atoms. The van der Waals surface area contributed by atoms with Crippen LogP contribution in [0.25, 0.3) is 0 Å². The van der Waals surface area contributed by atoms with Crippen molar-refractivity contribution in [3.8, 4) is 0 Å². The topological polar surface area (TPSA) is 96.5 Å². The Morgan fingerprint density at radius 1 is 1.04 bits per heavy atom. The summed E-state index contributed by atoms with van der Waals surface area (Å²) in [6.07, 6.45) is 6.44. The van der Waals surface area contributed by atoms with E-state index in [-0.39, 0.29) is 18.4 Å². The van der Waals surface area contributed by atoms with Crippen LogP contribution in [0.5, 0.6) is 0 Å². The van der Waals surface area contributed by atoms with Crippen LogP contribution < -0.4 is 0 Å². The van der Waals surface area contributed by atoms with E-state index in [2.05, 4.69) is 9.97 Å². The lowest BCUT2D eigenvalue weighted by Gasteiger charge is -2.45. The van der Waals surface area contributed by atoms with Crippen LogP contribution in [0, 0.1) is 0 Å².